The maximum Gasteiger partial charge on any atom is 0.203 e. The lowest BCUT2D eigenvalue weighted by atomic mass is 10.1. The van der Waals surface area contributed by atoms with Gasteiger partial charge in [-0.1, -0.05) is 0 Å². The molecule has 0 bridgehead atoms. The molecule has 0 unspecified atom stereocenters. The van der Waals surface area contributed by atoms with E-state index in [9.17, 15) is 0 Å². The topological polar surface area (TPSA) is 104 Å². The van der Waals surface area contributed by atoms with E-state index in [4.69, 9.17) is 0 Å². The molecule has 1 fully saturated rings. The molecule has 5 heterocycles. The van der Waals surface area contributed by atoms with E-state index < -0.39 is 0 Å². The molecule has 5 rings (SSSR count). The highest BCUT2D eigenvalue weighted by atomic mass is 15.4. The van der Waals surface area contributed by atoms with Crippen LogP contribution in [0.4, 0.5) is 11.6 Å². The van der Waals surface area contributed by atoms with Crippen LogP contribution in [0.2, 0.25) is 0 Å². The summed E-state index contributed by atoms with van der Waals surface area (Å²) in [5.41, 5.74) is 2.31. The second-order valence-electron chi connectivity index (χ2n) is 5.78. The number of nitrogens with zero attached hydrogens (tertiary/aromatic N) is 9. The van der Waals surface area contributed by atoms with E-state index in [0.29, 0.717) is 11.7 Å². The van der Waals surface area contributed by atoms with Crippen molar-refractivity contribution in [2.24, 2.45) is 0 Å². The molecule has 24 heavy (non-hydrogen) atoms. The van der Waals surface area contributed by atoms with E-state index >= 15 is 0 Å². The molecule has 10 heteroatoms. The van der Waals surface area contributed by atoms with E-state index in [0.717, 1.165) is 35.9 Å². The van der Waals surface area contributed by atoms with Crippen molar-refractivity contribution in [3.8, 4) is 0 Å². The molecule has 0 amide bonds. The number of likely N-dealkylation sites (N-methyl/N-ethyl adjacent to an activating group) is 1. The zero-order valence-electron chi connectivity index (χ0n) is 12.9. The number of H-pyrrole nitrogens is 1. The fourth-order valence-corrected chi connectivity index (χ4v) is 3.03. The van der Waals surface area contributed by atoms with Crippen LogP contribution in [-0.4, -0.2) is 65.7 Å². The van der Waals surface area contributed by atoms with E-state index in [1.54, 1.807) is 25.2 Å². The number of rotatable bonds is 3. The third-order valence-corrected chi connectivity index (χ3v) is 4.44. The van der Waals surface area contributed by atoms with Crippen LogP contribution in [-0.2, 0) is 0 Å². The van der Waals surface area contributed by atoms with Crippen molar-refractivity contribution < 1.29 is 0 Å². The summed E-state index contributed by atoms with van der Waals surface area (Å²) in [6, 6.07) is 0.330. The summed E-state index contributed by atoms with van der Waals surface area (Å²) >= 11 is 0. The molecule has 0 aliphatic carbocycles. The lowest BCUT2D eigenvalue weighted by molar-refractivity contribution is 0.490. The zero-order chi connectivity index (χ0) is 16.1. The van der Waals surface area contributed by atoms with Crippen molar-refractivity contribution in [3.63, 3.8) is 0 Å². The predicted octanol–water partition coefficient (Wildman–Crippen LogP) is 0.116. The Bertz CT molecular complexity index is 1010. The summed E-state index contributed by atoms with van der Waals surface area (Å²) in [7, 11) is 2.04. The highest BCUT2D eigenvalue weighted by Crippen LogP contribution is 2.28. The molecule has 0 atom stereocenters. The van der Waals surface area contributed by atoms with Crippen LogP contribution in [0.15, 0.2) is 31.4 Å². The van der Waals surface area contributed by atoms with Crippen LogP contribution in [0.3, 0.4) is 0 Å². The molecular formula is C14H14N10. The molecule has 1 aliphatic rings. The maximum atomic E-state index is 4.45. The third-order valence-electron chi connectivity index (χ3n) is 4.44. The molecule has 4 aromatic heterocycles. The minimum atomic E-state index is 0.330. The second-order valence-corrected chi connectivity index (χ2v) is 5.78. The summed E-state index contributed by atoms with van der Waals surface area (Å²) in [6.45, 7) is 1.69. The summed E-state index contributed by atoms with van der Waals surface area (Å²) in [4.78, 5) is 24.7. The maximum absolute atomic E-state index is 4.45. The number of aromatic amines is 1. The predicted molar refractivity (Wildman–Crippen MR) is 86.9 cm³/mol. The van der Waals surface area contributed by atoms with Gasteiger partial charge in [-0.25, -0.2) is 19.9 Å². The van der Waals surface area contributed by atoms with Crippen LogP contribution >= 0.6 is 0 Å². The molecule has 0 spiro atoms. The summed E-state index contributed by atoms with van der Waals surface area (Å²) in [6.07, 6.45) is 8.47. The van der Waals surface area contributed by atoms with Crippen LogP contribution in [0, 0.1) is 0 Å². The van der Waals surface area contributed by atoms with Gasteiger partial charge in [0.25, 0.3) is 0 Å². The van der Waals surface area contributed by atoms with Gasteiger partial charge in [0.1, 0.15) is 18.2 Å². The lowest BCUT2D eigenvalue weighted by Gasteiger charge is -2.44. The van der Waals surface area contributed by atoms with Gasteiger partial charge in [0.2, 0.25) is 5.65 Å². The molecule has 1 aliphatic heterocycles. The Morgan fingerprint density at radius 1 is 1.21 bits per heavy atom. The SMILES string of the molecule is CN(c1ncnc2nc[nH]c12)C1CN(c2nccn3cnnc23)C1. The van der Waals surface area contributed by atoms with Gasteiger partial charge < -0.3 is 14.8 Å². The summed E-state index contributed by atoms with van der Waals surface area (Å²) in [5, 5.41) is 8.09. The number of anilines is 2. The number of hydrogen-bond acceptors (Lipinski definition) is 8. The van der Waals surface area contributed by atoms with Crippen LogP contribution in [0.5, 0.6) is 0 Å². The number of aromatic nitrogens is 8. The van der Waals surface area contributed by atoms with Gasteiger partial charge >= 0.3 is 0 Å². The fourth-order valence-electron chi connectivity index (χ4n) is 3.03. The van der Waals surface area contributed by atoms with Crippen molar-refractivity contribution in [1.29, 1.82) is 0 Å². The Morgan fingerprint density at radius 3 is 3.04 bits per heavy atom. The van der Waals surface area contributed by atoms with E-state index in [2.05, 4.69) is 44.9 Å². The average Bonchev–Trinajstić information content (AvgIpc) is 3.22. The van der Waals surface area contributed by atoms with Crippen LogP contribution in [0.25, 0.3) is 16.8 Å². The van der Waals surface area contributed by atoms with Gasteiger partial charge in [0.15, 0.2) is 17.3 Å². The van der Waals surface area contributed by atoms with Crippen molar-refractivity contribution in [2.75, 3.05) is 29.9 Å². The molecule has 10 nitrogen and oxygen atoms in total. The number of imidazole rings is 1. The molecule has 0 aromatic carbocycles. The molecule has 0 saturated carbocycles. The number of nitrogens with one attached hydrogen (secondary N) is 1. The smallest absolute Gasteiger partial charge is 0.203 e. The highest BCUT2D eigenvalue weighted by Gasteiger charge is 2.33. The third kappa shape index (κ3) is 1.82. The minimum absolute atomic E-state index is 0.330. The van der Waals surface area contributed by atoms with Crippen molar-refractivity contribution in [2.45, 2.75) is 6.04 Å². The Balaban J connectivity index is 1.40. The van der Waals surface area contributed by atoms with Gasteiger partial charge in [0.05, 0.1) is 12.4 Å². The largest absolute Gasteiger partial charge is 0.351 e. The van der Waals surface area contributed by atoms with Crippen molar-refractivity contribution >= 4 is 28.4 Å². The van der Waals surface area contributed by atoms with E-state index in [1.807, 2.05) is 17.6 Å². The Morgan fingerprint density at radius 2 is 2.12 bits per heavy atom. The first-order chi connectivity index (χ1) is 11.8. The van der Waals surface area contributed by atoms with Crippen molar-refractivity contribution in [1.82, 2.24) is 39.5 Å². The summed E-state index contributed by atoms with van der Waals surface area (Å²) < 4.78 is 1.87. The van der Waals surface area contributed by atoms with Gasteiger partial charge in [-0.2, -0.15) is 0 Å². The minimum Gasteiger partial charge on any atom is -0.351 e. The van der Waals surface area contributed by atoms with Crippen molar-refractivity contribution in [3.05, 3.63) is 31.4 Å². The van der Waals surface area contributed by atoms with Crippen LogP contribution < -0.4 is 9.80 Å². The average molecular weight is 322 g/mol. The van der Waals surface area contributed by atoms with Gasteiger partial charge in [-0.05, 0) is 0 Å². The first-order valence-corrected chi connectivity index (χ1v) is 7.57. The molecular weight excluding hydrogens is 308 g/mol. The lowest BCUT2D eigenvalue weighted by Crippen LogP contribution is -2.59. The van der Waals surface area contributed by atoms with Crippen LogP contribution in [0.1, 0.15) is 0 Å². The van der Waals surface area contributed by atoms with Gasteiger partial charge in [-0.3, -0.25) is 4.40 Å². The van der Waals surface area contributed by atoms with E-state index in [-0.39, 0.29) is 0 Å². The Labute approximate surface area is 136 Å². The Kier molecular flexibility index (Phi) is 2.66. The van der Waals surface area contributed by atoms with E-state index in [1.165, 1.54) is 0 Å². The quantitative estimate of drug-likeness (QED) is 0.567. The van der Waals surface area contributed by atoms with Gasteiger partial charge in [0, 0.05) is 32.5 Å². The highest BCUT2D eigenvalue weighted by molar-refractivity contribution is 5.83. The standard InChI is InChI=1S/C14H14N10/c1-22(12-10-11(17-6-16-10)18-7-19-12)9-4-24(5-9)13-14-21-20-8-23(14)3-2-15-13/h2-3,6-9H,4-5H2,1H3,(H,16,17,18,19). The molecule has 0 radical (unpaired) electrons. The number of fused-ring (bicyclic) bond motifs is 2. The monoisotopic (exact) mass is 322 g/mol. The first-order valence-electron chi connectivity index (χ1n) is 7.57. The molecule has 1 N–H and O–H groups in total. The number of hydrogen-bond donors (Lipinski definition) is 1. The second kappa shape index (κ2) is 4.85. The van der Waals surface area contributed by atoms with Gasteiger partial charge in [-0.15, -0.1) is 10.2 Å². The molecule has 1 saturated heterocycles. The normalized spacial score (nSPS) is 15.1. The summed E-state index contributed by atoms with van der Waals surface area (Å²) in [5.74, 6) is 1.71. The molecule has 120 valence electrons. The first kappa shape index (κ1) is 13.2. The zero-order valence-corrected chi connectivity index (χ0v) is 12.9. The molecule has 4 aromatic rings. The fraction of sp³-hybridized carbons (Fsp3) is 0.286. The Hall–Kier alpha value is -3.30.